The molecule has 1 aromatic carbocycles. The van der Waals surface area contributed by atoms with E-state index in [1.807, 2.05) is 0 Å². The lowest BCUT2D eigenvalue weighted by atomic mass is 9.94. The Morgan fingerprint density at radius 1 is 0.963 bits per heavy atom. The minimum atomic E-state index is 0.298. The maximum atomic E-state index is 12.3. The van der Waals surface area contributed by atoms with Crippen molar-refractivity contribution in [1.29, 1.82) is 0 Å². The van der Waals surface area contributed by atoms with Crippen LogP contribution in [-0.2, 0) is 11.3 Å². The number of nitrogens with zero attached hydrogens (tertiary/aromatic N) is 2. The second kappa shape index (κ2) is 9.20. The van der Waals surface area contributed by atoms with Gasteiger partial charge in [-0.15, -0.1) is 0 Å². The summed E-state index contributed by atoms with van der Waals surface area (Å²) in [4.78, 5) is 17.3. The summed E-state index contributed by atoms with van der Waals surface area (Å²) in [5.41, 5.74) is 1.41. The van der Waals surface area contributed by atoms with Gasteiger partial charge in [-0.2, -0.15) is 0 Å². The van der Waals surface area contributed by atoms with E-state index in [2.05, 4.69) is 45.4 Å². The molecule has 3 fully saturated rings. The van der Waals surface area contributed by atoms with E-state index in [9.17, 15) is 4.79 Å². The molecule has 1 heterocycles. The third-order valence-corrected chi connectivity index (χ3v) is 6.56. The summed E-state index contributed by atoms with van der Waals surface area (Å²) in [6.07, 6.45) is 7.32. The zero-order chi connectivity index (χ0) is 18.5. The normalized spacial score (nSPS) is 21.5. The molecule has 1 saturated heterocycles. The van der Waals surface area contributed by atoms with Crippen LogP contribution in [0.4, 0.5) is 0 Å². The second-order valence-electron chi connectivity index (χ2n) is 8.85. The van der Waals surface area contributed by atoms with E-state index in [0.717, 1.165) is 70.5 Å². The smallest absolute Gasteiger partial charge is 0.220 e. The molecule has 1 aliphatic heterocycles. The predicted molar refractivity (Wildman–Crippen MR) is 109 cm³/mol. The fraction of sp³-hybridized carbons (Fsp3) is 0.696. The van der Waals surface area contributed by atoms with Crippen LogP contribution in [0.1, 0.15) is 44.1 Å². The lowest BCUT2D eigenvalue weighted by Gasteiger charge is -2.34. The number of piperazine rings is 1. The number of carbonyl (C=O) groups is 1. The summed E-state index contributed by atoms with van der Waals surface area (Å²) >= 11 is 0. The first kappa shape index (κ1) is 18.9. The van der Waals surface area contributed by atoms with Crippen molar-refractivity contribution in [3.8, 4) is 0 Å². The molecular weight excluding hydrogens is 334 g/mol. The van der Waals surface area contributed by atoms with Gasteiger partial charge in [0.15, 0.2) is 0 Å². The molecule has 27 heavy (non-hydrogen) atoms. The van der Waals surface area contributed by atoms with E-state index in [1.54, 1.807) is 0 Å². The van der Waals surface area contributed by atoms with Gasteiger partial charge in [0, 0.05) is 45.7 Å². The van der Waals surface area contributed by atoms with E-state index in [0.29, 0.717) is 11.8 Å². The summed E-state index contributed by atoms with van der Waals surface area (Å²) in [6, 6.07) is 10.8. The Morgan fingerprint density at radius 3 is 2.22 bits per heavy atom. The van der Waals surface area contributed by atoms with Crippen molar-refractivity contribution in [3.05, 3.63) is 35.9 Å². The van der Waals surface area contributed by atoms with E-state index >= 15 is 0 Å². The molecule has 148 valence electrons. The van der Waals surface area contributed by atoms with Gasteiger partial charge in [0.25, 0.3) is 0 Å². The molecule has 2 aliphatic carbocycles. The quantitative estimate of drug-likeness (QED) is 0.644. The summed E-state index contributed by atoms with van der Waals surface area (Å²) in [6.45, 7) is 7.59. The van der Waals surface area contributed by atoms with Crippen LogP contribution in [0.25, 0.3) is 0 Å². The molecule has 3 aliphatic rings. The first-order valence-electron chi connectivity index (χ1n) is 11.0. The van der Waals surface area contributed by atoms with Gasteiger partial charge >= 0.3 is 0 Å². The summed E-state index contributed by atoms with van der Waals surface area (Å²) in [5.74, 6) is 2.74. The summed E-state index contributed by atoms with van der Waals surface area (Å²) in [5, 5.41) is 3.18. The highest BCUT2D eigenvalue weighted by Crippen LogP contribution is 2.50. The molecule has 2 saturated carbocycles. The van der Waals surface area contributed by atoms with Crippen molar-refractivity contribution in [2.45, 2.75) is 45.1 Å². The van der Waals surface area contributed by atoms with Crippen LogP contribution in [-0.4, -0.2) is 55.0 Å². The number of benzene rings is 1. The van der Waals surface area contributed by atoms with E-state index < -0.39 is 0 Å². The van der Waals surface area contributed by atoms with Crippen molar-refractivity contribution in [1.82, 2.24) is 15.1 Å². The van der Waals surface area contributed by atoms with Crippen LogP contribution in [0.3, 0.4) is 0 Å². The van der Waals surface area contributed by atoms with Gasteiger partial charge in [0.05, 0.1) is 0 Å². The molecule has 4 nitrogen and oxygen atoms in total. The van der Waals surface area contributed by atoms with Crippen LogP contribution in [0.5, 0.6) is 0 Å². The molecule has 0 bridgehead atoms. The molecule has 1 aromatic rings. The molecule has 0 radical (unpaired) electrons. The monoisotopic (exact) mass is 369 g/mol. The average Bonchev–Trinajstić information content (AvgIpc) is 3.59. The maximum absolute atomic E-state index is 12.3. The molecule has 0 spiro atoms. The average molecular weight is 370 g/mol. The fourth-order valence-corrected chi connectivity index (χ4v) is 4.60. The Labute approximate surface area is 164 Å². The van der Waals surface area contributed by atoms with Gasteiger partial charge in [-0.3, -0.25) is 9.69 Å². The van der Waals surface area contributed by atoms with Crippen molar-refractivity contribution in [2.75, 3.05) is 39.3 Å². The van der Waals surface area contributed by atoms with Crippen LogP contribution >= 0.6 is 0 Å². The Morgan fingerprint density at radius 2 is 1.59 bits per heavy atom. The first-order chi connectivity index (χ1) is 13.3. The Hall–Kier alpha value is -1.39. The van der Waals surface area contributed by atoms with Gasteiger partial charge < -0.3 is 10.2 Å². The number of rotatable bonds is 10. The van der Waals surface area contributed by atoms with Crippen molar-refractivity contribution >= 4 is 5.91 Å². The molecule has 0 unspecified atom stereocenters. The van der Waals surface area contributed by atoms with Crippen molar-refractivity contribution in [2.24, 2.45) is 17.8 Å². The molecular formula is C23H35N3O. The lowest BCUT2D eigenvalue weighted by molar-refractivity contribution is -0.122. The Kier molecular flexibility index (Phi) is 6.46. The summed E-state index contributed by atoms with van der Waals surface area (Å²) < 4.78 is 0. The number of carbonyl (C=O) groups excluding carboxylic acids is 1. The molecule has 0 aromatic heterocycles. The largest absolute Gasteiger partial charge is 0.356 e. The van der Waals surface area contributed by atoms with Gasteiger partial charge in [-0.05, 0) is 62.0 Å². The molecule has 1 N–H and O–H groups in total. The predicted octanol–water partition coefficient (Wildman–Crippen LogP) is 3.14. The number of amides is 1. The topological polar surface area (TPSA) is 35.6 Å². The van der Waals surface area contributed by atoms with Crippen LogP contribution in [0, 0.1) is 17.8 Å². The highest BCUT2D eigenvalue weighted by molar-refractivity contribution is 5.76. The van der Waals surface area contributed by atoms with Gasteiger partial charge in [0.1, 0.15) is 0 Å². The van der Waals surface area contributed by atoms with Crippen LogP contribution in [0.15, 0.2) is 30.3 Å². The molecule has 0 atom stereocenters. The maximum Gasteiger partial charge on any atom is 0.220 e. The SMILES string of the molecule is O=C(CC(C1CC1)C1CC1)NCCCN1CCN(Cc2ccccc2)CC1. The number of hydrogen-bond acceptors (Lipinski definition) is 3. The zero-order valence-electron chi connectivity index (χ0n) is 16.6. The van der Waals surface area contributed by atoms with Crippen molar-refractivity contribution in [3.63, 3.8) is 0 Å². The van der Waals surface area contributed by atoms with Gasteiger partial charge in [0.2, 0.25) is 5.91 Å². The highest BCUT2D eigenvalue weighted by Gasteiger charge is 2.42. The third kappa shape index (κ3) is 6.05. The Bertz CT molecular complexity index is 577. The van der Waals surface area contributed by atoms with E-state index in [4.69, 9.17) is 0 Å². The van der Waals surface area contributed by atoms with Gasteiger partial charge in [-0.1, -0.05) is 30.3 Å². The lowest BCUT2D eigenvalue weighted by Crippen LogP contribution is -2.46. The van der Waals surface area contributed by atoms with Gasteiger partial charge in [-0.25, -0.2) is 0 Å². The van der Waals surface area contributed by atoms with E-state index in [1.165, 1.54) is 31.2 Å². The number of hydrogen-bond donors (Lipinski definition) is 1. The fourth-order valence-electron chi connectivity index (χ4n) is 4.60. The Balaban J connectivity index is 1.06. The minimum absolute atomic E-state index is 0.298. The third-order valence-electron chi connectivity index (χ3n) is 6.56. The van der Waals surface area contributed by atoms with E-state index in [-0.39, 0.29) is 0 Å². The van der Waals surface area contributed by atoms with Crippen LogP contribution in [0.2, 0.25) is 0 Å². The molecule has 4 heteroatoms. The first-order valence-corrected chi connectivity index (χ1v) is 11.0. The second-order valence-corrected chi connectivity index (χ2v) is 8.85. The standard InChI is InChI=1S/C23H35N3O/c27-23(17-22(20-7-8-20)21-9-10-21)24-11-4-12-25-13-15-26(16-14-25)18-19-5-2-1-3-6-19/h1-3,5-6,20-22H,4,7-18H2,(H,24,27). The highest BCUT2D eigenvalue weighted by atomic mass is 16.1. The van der Waals surface area contributed by atoms with Crippen molar-refractivity contribution < 1.29 is 4.79 Å². The van der Waals surface area contributed by atoms with Crippen LogP contribution < -0.4 is 5.32 Å². The summed E-state index contributed by atoms with van der Waals surface area (Å²) in [7, 11) is 0. The number of nitrogens with one attached hydrogen (secondary N) is 1. The minimum Gasteiger partial charge on any atom is -0.356 e. The zero-order valence-corrected chi connectivity index (χ0v) is 16.6. The molecule has 1 amide bonds. The molecule has 4 rings (SSSR count).